The number of amides is 2. The Morgan fingerprint density at radius 1 is 0.903 bits per heavy atom. The highest BCUT2D eigenvalue weighted by atomic mass is 16.5. The van der Waals surface area contributed by atoms with Gasteiger partial charge in [-0.15, -0.1) is 0 Å². The van der Waals surface area contributed by atoms with Gasteiger partial charge in [0.25, 0.3) is 5.91 Å². The lowest BCUT2D eigenvalue weighted by Crippen LogP contribution is -2.59. The molecule has 3 aliphatic heterocycles. The Balaban J connectivity index is 1.15. The van der Waals surface area contributed by atoms with Crippen molar-refractivity contribution in [2.45, 2.75) is 48.8 Å². The summed E-state index contributed by atoms with van der Waals surface area (Å²) < 4.78 is 6.34. The van der Waals surface area contributed by atoms with Gasteiger partial charge in [-0.2, -0.15) is 0 Å². The largest absolute Gasteiger partial charge is 0.370 e. The van der Waals surface area contributed by atoms with E-state index in [0.29, 0.717) is 31.7 Å². The Morgan fingerprint density at radius 3 is 2.35 bits per heavy atom. The number of likely N-dealkylation sites (tertiary alicyclic amines) is 1. The summed E-state index contributed by atoms with van der Waals surface area (Å²) in [5.41, 5.74) is 1.49. The van der Waals surface area contributed by atoms with Crippen molar-refractivity contribution in [2.75, 3.05) is 25.0 Å². The number of piperidine rings is 1. The molecule has 1 saturated carbocycles. The second-order valence-corrected chi connectivity index (χ2v) is 9.60. The summed E-state index contributed by atoms with van der Waals surface area (Å²) in [4.78, 5) is 28.1. The lowest BCUT2D eigenvalue weighted by molar-refractivity contribution is -0.138. The number of carbonyl (C=O) groups excluding carboxylic acids is 2. The average Bonchev–Trinajstić information content (AvgIpc) is 3.55. The fourth-order valence-electron chi connectivity index (χ4n) is 5.70. The fraction of sp³-hybridized carbons (Fsp3) is 0.440. The minimum atomic E-state index is -0.570. The maximum absolute atomic E-state index is 13.4. The van der Waals surface area contributed by atoms with Crippen LogP contribution in [0.5, 0.6) is 0 Å². The van der Waals surface area contributed by atoms with Gasteiger partial charge in [-0.25, -0.2) is 0 Å². The van der Waals surface area contributed by atoms with Crippen molar-refractivity contribution in [3.05, 3.63) is 65.7 Å². The normalized spacial score (nSPS) is 27.5. The van der Waals surface area contributed by atoms with Crippen LogP contribution in [0.1, 0.15) is 48.0 Å². The Kier molecular flexibility index (Phi) is 4.00. The van der Waals surface area contributed by atoms with Gasteiger partial charge in [-0.1, -0.05) is 42.5 Å². The van der Waals surface area contributed by atoms with E-state index in [-0.39, 0.29) is 22.8 Å². The van der Waals surface area contributed by atoms with Crippen LogP contribution < -0.4 is 10.6 Å². The van der Waals surface area contributed by atoms with Gasteiger partial charge in [-0.05, 0) is 43.4 Å². The zero-order valence-electron chi connectivity index (χ0n) is 17.5. The summed E-state index contributed by atoms with van der Waals surface area (Å²) >= 11 is 0. The summed E-state index contributed by atoms with van der Waals surface area (Å²) in [5, 5.41) is 6.68. The molecule has 160 valence electrons. The predicted molar refractivity (Wildman–Crippen MR) is 117 cm³/mol. The van der Waals surface area contributed by atoms with E-state index in [4.69, 9.17) is 4.74 Å². The summed E-state index contributed by atoms with van der Waals surface area (Å²) in [7, 11) is 0. The summed E-state index contributed by atoms with van der Waals surface area (Å²) in [5.74, 6) is 0.209. The van der Waals surface area contributed by atoms with Crippen LogP contribution in [0.4, 0.5) is 5.69 Å². The van der Waals surface area contributed by atoms with Crippen molar-refractivity contribution in [2.24, 2.45) is 0 Å². The van der Waals surface area contributed by atoms with Crippen LogP contribution in [0.15, 0.2) is 54.6 Å². The van der Waals surface area contributed by atoms with Gasteiger partial charge >= 0.3 is 0 Å². The van der Waals surface area contributed by atoms with Crippen molar-refractivity contribution in [3.8, 4) is 0 Å². The molecular weight excluding hydrogens is 390 g/mol. The zero-order valence-corrected chi connectivity index (χ0v) is 17.5. The molecule has 1 aliphatic carbocycles. The smallest absolute Gasteiger partial charge is 0.255 e. The van der Waals surface area contributed by atoms with E-state index in [2.05, 4.69) is 22.8 Å². The number of anilines is 1. The van der Waals surface area contributed by atoms with Crippen molar-refractivity contribution in [1.82, 2.24) is 10.2 Å². The van der Waals surface area contributed by atoms with Crippen LogP contribution in [-0.2, 0) is 14.9 Å². The SMILES string of the molecule is O=C1NC2(COC3(CCN(C(=O)C4(c5ccccc5)CC4)CC3)C2)Nc2ccccc21. The molecule has 0 aromatic heterocycles. The number of ether oxygens (including phenoxy) is 1. The Bertz CT molecular complexity index is 1040. The molecule has 2 amide bonds. The molecule has 3 fully saturated rings. The molecule has 2 saturated heterocycles. The number of para-hydroxylation sites is 1. The number of fused-ring (bicyclic) bond motifs is 1. The second-order valence-electron chi connectivity index (χ2n) is 9.60. The molecule has 31 heavy (non-hydrogen) atoms. The Labute approximate surface area is 182 Å². The van der Waals surface area contributed by atoms with E-state index < -0.39 is 5.66 Å². The minimum absolute atomic E-state index is 0.0545. The summed E-state index contributed by atoms with van der Waals surface area (Å²) in [6.07, 6.45) is 4.18. The highest BCUT2D eigenvalue weighted by molar-refractivity contribution is 6.02. The summed E-state index contributed by atoms with van der Waals surface area (Å²) in [6.45, 7) is 1.84. The third-order valence-electron chi connectivity index (χ3n) is 7.59. The van der Waals surface area contributed by atoms with Gasteiger partial charge in [0.2, 0.25) is 5.91 Å². The maximum Gasteiger partial charge on any atom is 0.255 e. The van der Waals surface area contributed by atoms with E-state index in [1.807, 2.05) is 47.4 Å². The molecule has 4 aliphatic rings. The molecule has 6 heteroatoms. The standard InChI is InChI=1S/C25H27N3O3/c29-21-19-8-4-5-9-20(19)26-25(27-21)16-23(31-17-25)12-14-28(15-13-23)22(30)24(10-11-24)18-6-2-1-3-7-18/h1-9,26H,10-17H2,(H,27,29). The van der Waals surface area contributed by atoms with Crippen LogP contribution in [0, 0.1) is 0 Å². The van der Waals surface area contributed by atoms with Gasteiger partial charge in [0.05, 0.1) is 23.2 Å². The molecule has 1 atom stereocenters. The highest BCUT2D eigenvalue weighted by Gasteiger charge is 2.56. The number of benzene rings is 2. The van der Waals surface area contributed by atoms with Gasteiger partial charge in [0.1, 0.15) is 5.66 Å². The molecule has 2 aromatic rings. The zero-order chi connectivity index (χ0) is 21.1. The van der Waals surface area contributed by atoms with Gasteiger partial charge in [0, 0.05) is 25.2 Å². The molecule has 2 N–H and O–H groups in total. The molecular formula is C25H27N3O3. The Morgan fingerprint density at radius 2 is 1.61 bits per heavy atom. The lowest BCUT2D eigenvalue weighted by Gasteiger charge is -2.41. The Hall–Kier alpha value is -2.86. The molecule has 0 radical (unpaired) electrons. The third kappa shape index (κ3) is 2.96. The van der Waals surface area contributed by atoms with Crippen LogP contribution in [0.25, 0.3) is 0 Å². The van der Waals surface area contributed by atoms with Crippen LogP contribution in [-0.4, -0.2) is 47.7 Å². The number of hydrogen-bond acceptors (Lipinski definition) is 4. The number of hydrogen-bond donors (Lipinski definition) is 2. The molecule has 6 rings (SSSR count). The van der Waals surface area contributed by atoms with Crippen molar-refractivity contribution in [3.63, 3.8) is 0 Å². The van der Waals surface area contributed by atoms with Gasteiger partial charge < -0.3 is 20.3 Å². The van der Waals surface area contributed by atoms with Crippen LogP contribution >= 0.6 is 0 Å². The first-order chi connectivity index (χ1) is 15.0. The fourth-order valence-corrected chi connectivity index (χ4v) is 5.70. The third-order valence-corrected chi connectivity index (χ3v) is 7.59. The molecule has 2 spiro atoms. The molecule has 2 aromatic carbocycles. The number of nitrogens with zero attached hydrogens (tertiary/aromatic N) is 1. The van der Waals surface area contributed by atoms with Gasteiger partial charge in [-0.3, -0.25) is 9.59 Å². The topological polar surface area (TPSA) is 70.7 Å². The summed E-state index contributed by atoms with van der Waals surface area (Å²) in [6, 6.07) is 17.8. The van der Waals surface area contributed by atoms with E-state index >= 15 is 0 Å². The van der Waals surface area contributed by atoms with E-state index in [0.717, 1.165) is 36.9 Å². The predicted octanol–water partition coefficient (Wildman–Crippen LogP) is 3.05. The molecule has 0 bridgehead atoms. The molecule has 1 unspecified atom stereocenters. The average molecular weight is 418 g/mol. The van der Waals surface area contributed by atoms with Crippen molar-refractivity contribution >= 4 is 17.5 Å². The van der Waals surface area contributed by atoms with Gasteiger partial charge in [0.15, 0.2) is 0 Å². The minimum Gasteiger partial charge on any atom is -0.370 e. The maximum atomic E-state index is 13.4. The number of rotatable bonds is 2. The molecule has 3 heterocycles. The van der Waals surface area contributed by atoms with Crippen molar-refractivity contribution < 1.29 is 14.3 Å². The molecule has 6 nitrogen and oxygen atoms in total. The quantitative estimate of drug-likeness (QED) is 0.788. The number of nitrogens with one attached hydrogen (secondary N) is 2. The van der Waals surface area contributed by atoms with E-state index in [1.165, 1.54) is 0 Å². The van der Waals surface area contributed by atoms with E-state index in [9.17, 15) is 9.59 Å². The highest BCUT2D eigenvalue weighted by Crippen LogP contribution is 2.51. The first kappa shape index (κ1) is 18.9. The monoisotopic (exact) mass is 417 g/mol. The first-order valence-electron chi connectivity index (χ1n) is 11.2. The van der Waals surface area contributed by atoms with Crippen LogP contribution in [0.3, 0.4) is 0 Å². The lowest BCUT2D eigenvalue weighted by atomic mass is 9.83. The van der Waals surface area contributed by atoms with E-state index in [1.54, 1.807) is 0 Å². The first-order valence-corrected chi connectivity index (χ1v) is 11.2. The van der Waals surface area contributed by atoms with Crippen molar-refractivity contribution in [1.29, 1.82) is 0 Å². The van der Waals surface area contributed by atoms with Crippen LogP contribution in [0.2, 0.25) is 0 Å². The number of carbonyl (C=O) groups is 2. The second kappa shape index (κ2) is 6.57.